The van der Waals surface area contributed by atoms with E-state index in [0.717, 1.165) is 45.3 Å². The number of H-pyrrole nitrogens is 1. The van der Waals surface area contributed by atoms with Crippen molar-refractivity contribution in [2.45, 2.75) is 77.5 Å². The van der Waals surface area contributed by atoms with Gasteiger partial charge in [-0.1, -0.05) is 50.3 Å². The van der Waals surface area contributed by atoms with Crippen LogP contribution in [0.1, 0.15) is 82.0 Å². The Morgan fingerprint density at radius 2 is 1.94 bits per heavy atom. The number of aromatic nitrogens is 1. The lowest BCUT2D eigenvalue weighted by Gasteiger charge is -2.41. The first-order chi connectivity index (χ1) is 15.9. The van der Waals surface area contributed by atoms with Gasteiger partial charge in [-0.25, -0.2) is 0 Å². The van der Waals surface area contributed by atoms with E-state index in [9.17, 15) is 5.11 Å². The monoisotopic (exact) mass is 447 g/mol. The molecule has 2 aromatic rings. The molecule has 4 nitrogen and oxygen atoms in total. The van der Waals surface area contributed by atoms with Crippen molar-refractivity contribution < 1.29 is 5.11 Å². The molecule has 1 aromatic heterocycles. The van der Waals surface area contributed by atoms with Gasteiger partial charge in [0, 0.05) is 22.6 Å². The minimum atomic E-state index is -0.378. The fourth-order valence-electron chi connectivity index (χ4n) is 5.76. The predicted molar refractivity (Wildman–Crippen MR) is 141 cm³/mol. The molecular weight excluding hydrogens is 406 g/mol. The number of aliphatic hydroxyl groups excluding tert-OH is 1. The third-order valence-corrected chi connectivity index (χ3v) is 7.33. The average Bonchev–Trinajstić information content (AvgIpc) is 3.18. The summed E-state index contributed by atoms with van der Waals surface area (Å²) in [6.45, 7) is 15.9. The van der Waals surface area contributed by atoms with Crippen LogP contribution < -0.4 is 5.32 Å². The largest absolute Gasteiger partial charge is 0.377 e. The number of likely N-dealkylation sites (tertiary alicyclic amines) is 1. The minimum absolute atomic E-state index is 0.270. The Bertz CT molecular complexity index is 1030. The summed E-state index contributed by atoms with van der Waals surface area (Å²) >= 11 is 0. The molecule has 178 valence electrons. The molecular formula is C29H41N3O. The van der Waals surface area contributed by atoms with Crippen molar-refractivity contribution in [3.63, 3.8) is 0 Å². The number of rotatable bonds is 6. The van der Waals surface area contributed by atoms with E-state index in [0.29, 0.717) is 11.8 Å². The van der Waals surface area contributed by atoms with Crippen LogP contribution in [0.15, 0.2) is 48.6 Å². The smallest absolute Gasteiger partial charge is 0.120 e. The fraction of sp³-hybridized carbons (Fsp3) is 0.517. The summed E-state index contributed by atoms with van der Waals surface area (Å²) in [6.07, 6.45) is 10.4. The molecule has 3 heterocycles. The topological polar surface area (TPSA) is 51.3 Å². The molecule has 4 rings (SSSR count). The Hall–Kier alpha value is -2.14. The molecule has 4 heteroatoms. The van der Waals surface area contributed by atoms with Gasteiger partial charge in [0.2, 0.25) is 0 Å². The minimum Gasteiger partial charge on any atom is -0.377 e. The summed E-state index contributed by atoms with van der Waals surface area (Å²) in [7, 11) is 0. The van der Waals surface area contributed by atoms with Gasteiger partial charge < -0.3 is 10.1 Å². The number of nitrogens with zero attached hydrogens (tertiary/aromatic N) is 1. The van der Waals surface area contributed by atoms with E-state index in [1.54, 1.807) is 0 Å². The molecule has 2 atom stereocenters. The van der Waals surface area contributed by atoms with Crippen LogP contribution in [0, 0.1) is 0 Å². The zero-order valence-corrected chi connectivity index (χ0v) is 20.8. The molecule has 2 aliphatic heterocycles. The first-order valence-electron chi connectivity index (χ1n) is 12.7. The molecule has 0 spiro atoms. The third-order valence-electron chi connectivity index (χ3n) is 7.33. The SMILES string of the molecule is C=C/C=C(\C=C(C)C)c1[nH]c2ccc(C3CCN(C4CCCNC4O)CC3)cc2c1C(C)C. The van der Waals surface area contributed by atoms with Crippen LogP contribution in [0.2, 0.25) is 0 Å². The number of aromatic amines is 1. The Balaban J connectivity index is 1.61. The van der Waals surface area contributed by atoms with Gasteiger partial charge in [-0.15, -0.1) is 0 Å². The van der Waals surface area contributed by atoms with Crippen LogP contribution in [0.4, 0.5) is 0 Å². The number of benzene rings is 1. The molecule has 0 aliphatic carbocycles. The summed E-state index contributed by atoms with van der Waals surface area (Å²) in [6, 6.07) is 7.31. The zero-order chi connectivity index (χ0) is 23.5. The standard InChI is InChI=1S/C29H41N3O/c1-6-8-23(17-19(2)3)28-27(20(4)5)24-18-22(10-11-25(24)31-28)21-12-15-32(16-13-21)26-9-7-14-30-29(26)33/h6,8,10-11,17-18,20-21,26,29-31,33H,1,7,9,12-16H2,2-5H3/b23-8+. The van der Waals surface area contributed by atoms with Crippen LogP contribution in [0.3, 0.4) is 0 Å². The van der Waals surface area contributed by atoms with E-state index < -0.39 is 0 Å². The number of aliphatic hydroxyl groups is 1. The molecule has 3 N–H and O–H groups in total. The number of hydrogen-bond donors (Lipinski definition) is 3. The van der Waals surface area contributed by atoms with Crippen molar-refractivity contribution in [2.75, 3.05) is 19.6 Å². The molecule has 2 saturated heterocycles. The van der Waals surface area contributed by atoms with E-state index >= 15 is 0 Å². The van der Waals surface area contributed by atoms with E-state index in [1.807, 2.05) is 6.08 Å². The number of allylic oxidation sites excluding steroid dienone is 5. The number of piperidine rings is 2. The summed E-state index contributed by atoms with van der Waals surface area (Å²) in [5.41, 5.74) is 7.75. The van der Waals surface area contributed by atoms with Gasteiger partial charge in [-0.3, -0.25) is 10.2 Å². The van der Waals surface area contributed by atoms with Crippen LogP contribution in [-0.2, 0) is 0 Å². The van der Waals surface area contributed by atoms with Crippen molar-refractivity contribution in [3.8, 4) is 0 Å². The van der Waals surface area contributed by atoms with Gasteiger partial charge in [-0.05, 0) is 99.8 Å². The normalized spacial score (nSPS) is 23.3. The van der Waals surface area contributed by atoms with Crippen molar-refractivity contribution in [1.29, 1.82) is 0 Å². The molecule has 0 bridgehead atoms. The maximum Gasteiger partial charge on any atom is 0.120 e. The Morgan fingerprint density at radius 1 is 1.18 bits per heavy atom. The van der Waals surface area contributed by atoms with Crippen LogP contribution in [0.5, 0.6) is 0 Å². The number of nitrogens with one attached hydrogen (secondary N) is 2. The lowest BCUT2D eigenvalue weighted by Crippen LogP contribution is -2.55. The summed E-state index contributed by atoms with van der Waals surface area (Å²) in [5.74, 6) is 1.00. The molecule has 2 fully saturated rings. The van der Waals surface area contributed by atoms with Crippen molar-refractivity contribution >= 4 is 16.5 Å². The molecule has 0 saturated carbocycles. The highest BCUT2D eigenvalue weighted by Gasteiger charge is 2.32. The molecule has 1 aromatic carbocycles. The third kappa shape index (κ3) is 5.18. The Labute approximate surface area is 199 Å². The quantitative estimate of drug-likeness (QED) is 0.471. The second-order valence-electron chi connectivity index (χ2n) is 10.4. The lowest BCUT2D eigenvalue weighted by molar-refractivity contribution is -0.00461. The van der Waals surface area contributed by atoms with Crippen molar-refractivity contribution in [3.05, 3.63) is 65.4 Å². The van der Waals surface area contributed by atoms with Gasteiger partial charge in [0.05, 0.1) is 0 Å². The first-order valence-corrected chi connectivity index (χ1v) is 12.7. The summed E-state index contributed by atoms with van der Waals surface area (Å²) in [5, 5.41) is 15.0. The molecule has 0 radical (unpaired) electrons. The fourth-order valence-corrected chi connectivity index (χ4v) is 5.76. The molecule has 2 unspecified atom stereocenters. The van der Waals surface area contributed by atoms with Crippen LogP contribution >= 0.6 is 0 Å². The molecule has 2 aliphatic rings. The zero-order valence-electron chi connectivity index (χ0n) is 20.8. The van der Waals surface area contributed by atoms with Gasteiger partial charge in [0.1, 0.15) is 6.23 Å². The predicted octanol–water partition coefficient (Wildman–Crippen LogP) is 6.08. The van der Waals surface area contributed by atoms with E-state index in [2.05, 4.69) is 79.8 Å². The Morgan fingerprint density at radius 3 is 2.58 bits per heavy atom. The van der Waals surface area contributed by atoms with E-state index in [1.165, 1.54) is 38.9 Å². The highest BCUT2D eigenvalue weighted by Crippen LogP contribution is 2.37. The highest BCUT2D eigenvalue weighted by molar-refractivity contribution is 5.92. The highest BCUT2D eigenvalue weighted by atomic mass is 16.3. The summed E-state index contributed by atoms with van der Waals surface area (Å²) < 4.78 is 0. The van der Waals surface area contributed by atoms with E-state index in [4.69, 9.17) is 0 Å². The average molecular weight is 448 g/mol. The molecule has 0 amide bonds. The maximum atomic E-state index is 10.4. The van der Waals surface area contributed by atoms with Crippen molar-refractivity contribution in [2.24, 2.45) is 0 Å². The van der Waals surface area contributed by atoms with Gasteiger partial charge >= 0.3 is 0 Å². The lowest BCUT2D eigenvalue weighted by atomic mass is 9.86. The first kappa shape index (κ1) is 24.0. The number of hydrogen-bond acceptors (Lipinski definition) is 3. The second kappa shape index (κ2) is 10.4. The maximum absolute atomic E-state index is 10.4. The van der Waals surface area contributed by atoms with Crippen LogP contribution in [-0.4, -0.2) is 46.9 Å². The Kier molecular flexibility index (Phi) is 7.58. The van der Waals surface area contributed by atoms with Crippen molar-refractivity contribution in [1.82, 2.24) is 15.2 Å². The molecule has 33 heavy (non-hydrogen) atoms. The summed E-state index contributed by atoms with van der Waals surface area (Å²) in [4.78, 5) is 6.22. The second-order valence-corrected chi connectivity index (χ2v) is 10.4. The van der Waals surface area contributed by atoms with Gasteiger partial charge in [0.25, 0.3) is 0 Å². The number of fused-ring (bicyclic) bond motifs is 1. The van der Waals surface area contributed by atoms with Crippen LogP contribution in [0.25, 0.3) is 16.5 Å². The van der Waals surface area contributed by atoms with Gasteiger partial charge in [0.15, 0.2) is 0 Å². The van der Waals surface area contributed by atoms with E-state index in [-0.39, 0.29) is 12.3 Å². The van der Waals surface area contributed by atoms with Gasteiger partial charge in [-0.2, -0.15) is 0 Å².